The lowest BCUT2D eigenvalue weighted by atomic mass is 10.2. The van der Waals surface area contributed by atoms with Crippen molar-refractivity contribution in [3.63, 3.8) is 0 Å². The normalized spacial score (nSPS) is 10.3. The molecule has 6 heteroatoms. The molecular weight excluding hydrogens is 310 g/mol. The van der Waals surface area contributed by atoms with E-state index in [2.05, 4.69) is 5.32 Å². The molecule has 0 spiro atoms. The highest BCUT2D eigenvalue weighted by Crippen LogP contribution is 2.23. The van der Waals surface area contributed by atoms with E-state index >= 15 is 0 Å². The van der Waals surface area contributed by atoms with Crippen molar-refractivity contribution in [2.45, 2.75) is 19.3 Å². The second-order valence-corrected chi connectivity index (χ2v) is 5.92. The molecule has 0 fully saturated rings. The quantitative estimate of drug-likeness (QED) is 0.842. The van der Waals surface area contributed by atoms with Gasteiger partial charge in [0.15, 0.2) is 0 Å². The number of anilines is 1. The highest BCUT2D eigenvalue weighted by atomic mass is 35.5. The minimum Gasteiger partial charge on any atom is -0.478 e. The van der Waals surface area contributed by atoms with E-state index < -0.39 is 5.97 Å². The van der Waals surface area contributed by atoms with Crippen LogP contribution in [0.5, 0.6) is 0 Å². The van der Waals surface area contributed by atoms with Gasteiger partial charge in [-0.2, -0.15) is 0 Å². The van der Waals surface area contributed by atoms with Gasteiger partial charge < -0.3 is 10.4 Å². The highest BCUT2D eigenvalue weighted by molar-refractivity contribution is 7.09. The van der Waals surface area contributed by atoms with Gasteiger partial charge in [0, 0.05) is 11.3 Å². The first-order valence-electron chi connectivity index (χ1n) is 6.41. The van der Waals surface area contributed by atoms with Crippen LogP contribution < -0.4 is 5.32 Å². The second-order valence-electron chi connectivity index (χ2n) is 4.48. The number of amides is 1. The van der Waals surface area contributed by atoms with Gasteiger partial charge in [0.1, 0.15) is 0 Å². The summed E-state index contributed by atoms with van der Waals surface area (Å²) in [6.45, 7) is 0. The molecule has 2 aromatic rings. The Labute approximate surface area is 131 Å². The van der Waals surface area contributed by atoms with E-state index in [-0.39, 0.29) is 11.5 Å². The van der Waals surface area contributed by atoms with E-state index in [9.17, 15) is 9.59 Å². The predicted molar refractivity (Wildman–Crippen MR) is 84.3 cm³/mol. The Balaban J connectivity index is 1.90. The van der Waals surface area contributed by atoms with E-state index in [0.717, 1.165) is 12.8 Å². The SMILES string of the molecule is O=C(CCCc1cccs1)Nc1cc(C(=O)O)ccc1Cl. The lowest BCUT2D eigenvalue weighted by molar-refractivity contribution is -0.116. The van der Waals surface area contributed by atoms with Crippen molar-refractivity contribution < 1.29 is 14.7 Å². The van der Waals surface area contributed by atoms with Crippen molar-refractivity contribution in [3.8, 4) is 0 Å². The molecule has 0 radical (unpaired) electrons. The summed E-state index contributed by atoms with van der Waals surface area (Å²) in [5.41, 5.74) is 0.422. The highest BCUT2D eigenvalue weighted by Gasteiger charge is 2.10. The van der Waals surface area contributed by atoms with Crippen molar-refractivity contribution in [2.24, 2.45) is 0 Å². The van der Waals surface area contributed by atoms with Crippen molar-refractivity contribution in [1.82, 2.24) is 0 Å². The van der Waals surface area contributed by atoms with Crippen molar-refractivity contribution >= 4 is 40.5 Å². The van der Waals surface area contributed by atoms with Crippen LogP contribution in [0, 0.1) is 0 Å². The van der Waals surface area contributed by atoms with Gasteiger partial charge in [-0.25, -0.2) is 4.79 Å². The molecule has 21 heavy (non-hydrogen) atoms. The monoisotopic (exact) mass is 323 g/mol. The summed E-state index contributed by atoms with van der Waals surface area (Å²) >= 11 is 7.62. The molecule has 0 unspecified atom stereocenters. The summed E-state index contributed by atoms with van der Waals surface area (Å²) in [4.78, 5) is 24.0. The Morgan fingerprint density at radius 1 is 1.29 bits per heavy atom. The van der Waals surface area contributed by atoms with Crippen LogP contribution >= 0.6 is 22.9 Å². The van der Waals surface area contributed by atoms with E-state index in [1.807, 2.05) is 17.5 Å². The molecule has 4 nitrogen and oxygen atoms in total. The first-order valence-corrected chi connectivity index (χ1v) is 7.67. The molecule has 0 saturated carbocycles. The fourth-order valence-corrected chi connectivity index (χ4v) is 2.76. The minimum absolute atomic E-state index is 0.0910. The van der Waals surface area contributed by atoms with Crippen LogP contribution in [-0.4, -0.2) is 17.0 Å². The molecule has 1 aromatic carbocycles. The zero-order valence-electron chi connectivity index (χ0n) is 11.1. The number of carboxylic acids is 1. The average molecular weight is 324 g/mol. The van der Waals surface area contributed by atoms with Crippen LogP contribution in [0.15, 0.2) is 35.7 Å². The van der Waals surface area contributed by atoms with E-state index in [1.54, 1.807) is 11.3 Å². The largest absolute Gasteiger partial charge is 0.478 e. The first kappa shape index (κ1) is 15.5. The van der Waals surface area contributed by atoms with Gasteiger partial charge in [-0.15, -0.1) is 11.3 Å². The van der Waals surface area contributed by atoms with Crippen LogP contribution in [-0.2, 0) is 11.2 Å². The fraction of sp³-hybridized carbons (Fsp3) is 0.200. The Morgan fingerprint density at radius 3 is 2.76 bits per heavy atom. The average Bonchev–Trinajstić information content (AvgIpc) is 2.94. The second kappa shape index (κ2) is 7.24. The molecule has 2 N–H and O–H groups in total. The zero-order chi connectivity index (χ0) is 15.2. The summed E-state index contributed by atoms with van der Waals surface area (Å²) in [6, 6.07) is 8.25. The number of hydrogen-bond acceptors (Lipinski definition) is 3. The molecule has 110 valence electrons. The molecular formula is C15H14ClNO3S. The van der Waals surface area contributed by atoms with Crippen LogP contribution in [0.25, 0.3) is 0 Å². The molecule has 1 aromatic heterocycles. The number of aryl methyl sites for hydroxylation is 1. The summed E-state index contributed by atoms with van der Waals surface area (Å²) in [5.74, 6) is -1.23. The van der Waals surface area contributed by atoms with E-state index in [4.69, 9.17) is 16.7 Å². The van der Waals surface area contributed by atoms with E-state index in [0.29, 0.717) is 17.1 Å². The Bertz CT molecular complexity index is 640. The number of carboxylic acid groups (broad SMARTS) is 1. The van der Waals surface area contributed by atoms with Crippen LogP contribution in [0.4, 0.5) is 5.69 Å². The number of carbonyl (C=O) groups excluding carboxylic acids is 1. The van der Waals surface area contributed by atoms with Gasteiger partial charge in [0.2, 0.25) is 5.91 Å². The fourth-order valence-electron chi connectivity index (χ4n) is 1.84. The smallest absolute Gasteiger partial charge is 0.335 e. The molecule has 1 amide bonds. The van der Waals surface area contributed by atoms with Crippen LogP contribution in [0.3, 0.4) is 0 Å². The molecule has 0 aliphatic heterocycles. The summed E-state index contributed by atoms with van der Waals surface area (Å²) in [7, 11) is 0. The topological polar surface area (TPSA) is 66.4 Å². The predicted octanol–water partition coefficient (Wildman–Crippen LogP) is 4.06. The lowest BCUT2D eigenvalue weighted by Gasteiger charge is -2.08. The van der Waals surface area contributed by atoms with Crippen molar-refractivity contribution in [3.05, 3.63) is 51.2 Å². The maximum Gasteiger partial charge on any atom is 0.335 e. The lowest BCUT2D eigenvalue weighted by Crippen LogP contribution is -2.12. The first-order chi connectivity index (χ1) is 10.1. The number of carbonyl (C=O) groups is 2. The summed E-state index contributed by atoms with van der Waals surface area (Å²) in [5, 5.41) is 13.9. The number of aromatic carboxylic acids is 1. The molecule has 2 rings (SSSR count). The van der Waals surface area contributed by atoms with Gasteiger partial charge in [0.25, 0.3) is 0 Å². The number of hydrogen-bond donors (Lipinski definition) is 2. The van der Waals surface area contributed by atoms with Gasteiger partial charge in [-0.1, -0.05) is 17.7 Å². The van der Waals surface area contributed by atoms with Crippen LogP contribution in [0.2, 0.25) is 5.02 Å². The van der Waals surface area contributed by atoms with Gasteiger partial charge in [-0.05, 0) is 42.5 Å². The third-order valence-electron chi connectivity index (χ3n) is 2.89. The number of benzene rings is 1. The minimum atomic E-state index is -1.06. The number of nitrogens with one attached hydrogen (secondary N) is 1. The van der Waals surface area contributed by atoms with Crippen molar-refractivity contribution in [2.75, 3.05) is 5.32 Å². The third kappa shape index (κ3) is 4.58. The molecule has 0 bridgehead atoms. The van der Waals surface area contributed by atoms with Gasteiger partial charge in [0.05, 0.1) is 16.3 Å². The number of thiophene rings is 1. The number of halogens is 1. The van der Waals surface area contributed by atoms with Crippen molar-refractivity contribution in [1.29, 1.82) is 0 Å². The Hall–Kier alpha value is -1.85. The maximum atomic E-state index is 11.9. The standard InChI is InChI=1S/C15H14ClNO3S/c16-12-7-6-10(15(19)20)9-13(12)17-14(18)5-1-3-11-4-2-8-21-11/h2,4,6-9H,1,3,5H2,(H,17,18)(H,19,20). The summed E-state index contributed by atoms with van der Waals surface area (Å²) < 4.78 is 0. The third-order valence-corrected chi connectivity index (χ3v) is 4.16. The van der Waals surface area contributed by atoms with Gasteiger partial charge in [-0.3, -0.25) is 4.79 Å². The van der Waals surface area contributed by atoms with E-state index in [1.165, 1.54) is 23.1 Å². The molecule has 0 aliphatic rings. The summed E-state index contributed by atoms with van der Waals surface area (Å²) in [6.07, 6.45) is 1.96. The Morgan fingerprint density at radius 2 is 2.10 bits per heavy atom. The maximum absolute atomic E-state index is 11.9. The number of rotatable bonds is 6. The molecule has 1 heterocycles. The molecule has 0 atom stereocenters. The molecule has 0 aliphatic carbocycles. The van der Waals surface area contributed by atoms with Crippen LogP contribution in [0.1, 0.15) is 28.1 Å². The van der Waals surface area contributed by atoms with Gasteiger partial charge >= 0.3 is 5.97 Å². The zero-order valence-corrected chi connectivity index (χ0v) is 12.7. The molecule has 0 saturated heterocycles. The Kier molecular flexibility index (Phi) is 5.36.